The molecule has 3 fully saturated rings. The van der Waals surface area contributed by atoms with E-state index in [1.807, 2.05) is 25.2 Å². The summed E-state index contributed by atoms with van der Waals surface area (Å²) in [5, 5.41) is 7.18. The van der Waals surface area contributed by atoms with Crippen molar-refractivity contribution in [3.8, 4) is 0 Å². The number of hydrogen-bond acceptors (Lipinski definition) is 6. The fourth-order valence-corrected chi connectivity index (χ4v) is 5.74. The molecule has 7 rings (SSSR count). The number of nitrogens with one attached hydrogen (secondary N) is 2. The number of imidazole rings is 1. The molecule has 0 spiro atoms. The smallest absolute Gasteiger partial charge is 0.227 e. The molecule has 1 aliphatic heterocycles. The summed E-state index contributed by atoms with van der Waals surface area (Å²) in [5.74, 6) is 1.86. The topological polar surface area (TPSA) is 70.9 Å². The van der Waals surface area contributed by atoms with Crippen LogP contribution in [0.3, 0.4) is 0 Å². The van der Waals surface area contributed by atoms with Gasteiger partial charge in [0, 0.05) is 41.6 Å². The van der Waals surface area contributed by atoms with Gasteiger partial charge in [0.1, 0.15) is 17.5 Å². The SMILES string of the molecule is CNc1nc(NC23CC(n4cnc(C)c4)(C2)C3)nc2c1CCN2c1cc(F)cc(Cl)c1. The highest BCUT2D eigenvalue weighted by Crippen LogP contribution is 2.66. The second-order valence-corrected chi connectivity index (χ2v) is 9.50. The predicted molar refractivity (Wildman–Crippen MR) is 119 cm³/mol. The van der Waals surface area contributed by atoms with E-state index >= 15 is 0 Å². The Hall–Kier alpha value is -2.87. The van der Waals surface area contributed by atoms with Crippen LogP contribution in [-0.2, 0) is 12.0 Å². The standard InChI is InChI=1S/C22H23ClFN7/c1-13-8-30(12-26-13)22-9-21(10-22,11-22)29-20-27-18(25-2)17-3-4-31(19(17)28-20)16-6-14(23)5-15(24)7-16/h5-8,12H,3-4,9-11H2,1-2H3,(H2,25,27,28,29). The molecule has 0 saturated heterocycles. The summed E-state index contributed by atoms with van der Waals surface area (Å²) in [5.41, 5.74) is 3.00. The van der Waals surface area contributed by atoms with Gasteiger partial charge in [-0.3, -0.25) is 0 Å². The Labute approximate surface area is 184 Å². The van der Waals surface area contributed by atoms with Crippen LogP contribution in [0.25, 0.3) is 0 Å². The maximum absolute atomic E-state index is 14.0. The molecule has 0 unspecified atom stereocenters. The molecular formula is C22H23ClFN7. The Morgan fingerprint density at radius 1 is 1.16 bits per heavy atom. The highest BCUT2D eigenvalue weighted by molar-refractivity contribution is 6.30. The Morgan fingerprint density at radius 3 is 2.65 bits per heavy atom. The lowest BCUT2D eigenvalue weighted by atomic mass is 9.44. The quantitative estimate of drug-likeness (QED) is 0.619. The molecule has 3 heterocycles. The lowest BCUT2D eigenvalue weighted by Gasteiger charge is -2.70. The maximum atomic E-state index is 14.0. The predicted octanol–water partition coefficient (Wildman–Crippen LogP) is 4.25. The average Bonchev–Trinajstić information content (AvgIpc) is 3.28. The van der Waals surface area contributed by atoms with E-state index in [4.69, 9.17) is 21.6 Å². The zero-order valence-electron chi connectivity index (χ0n) is 17.4. The monoisotopic (exact) mass is 439 g/mol. The van der Waals surface area contributed by atoms with Crippen LogP contribution in [0, 0.1) is 12.7 Å². The molecule has 0 atom stereocenters. The highest BCUT2D eigenvalue weighted by atomic mass is 35.5. The van der Waals surface area contributed by atoms with Gasteiger partial charge in [-0.15, -0.1) is 0 Å². The highest BCUT2D eigenvalue weighted by Gasteiger charge is 2.69. The van der Waals surface area contributed by atoms with E-state index in [9.17, 15) is 4.39 Å². The van der Waals surface area contributed by atoms with Gasteiger partial charge >= 0.3 is 0 Å². The lowest BCUT2D eigenvalue weighted by Crippen LogP contribution is -2.75. The van der Waals surface area contributed by atoms with Gasteiger partial charge < -0.3 is 20.1 Å². The second kappa shape index (κ2) is 6.32. The molecule has 2 bridgehead atoms. The Kier molecular flexibility index (Phi) is 3.85. The number of benzene rings is 1. The van der Waals surface area contributed by atoms with E-state index in [1.54, 1.807) is 6.07 Å². The van der Waals surface area contributed by atoms with Gasteiger partial charge in [-0.2, -0.15) is 9.97 Å². The molecule has 3 saturated carbocycles. The molecule has 0 radical (unpaired) electrons. The van der Waals surface area contributed by atoms with Crippen LogP contribution in [0.2, 0.25) is 5.02 Å². The van der Waals surface area contributed by atoms with Crippen molar-refractivity contribution in [2.24, 2.45) is 0 Å². The number of nitrogens with zero attached hydrogens (tertiary/aromatic N) is 5. The van der Waals surface area contributed by atoms with Crippen molar-refractivity contribution in [3.05, 3.63) is 52.8 Å². The number of rotatable bonds is 5. The molecule has 31 heavy (non-hydrogen) atoms. The number of aryl methyl sites for hydroxylation is 1. The first-order chi connectivity index (χ1) is 14.9. The summed E-state index contributed by atoms with van der Waals surface area (Å²) in [6, 6.07) is 4.58. The van der Waals surface area contributed by atoms with Gasteiger partial charge in [-0.25, -0.2) is 9.37 Å². The third-order valence-electron chi connectivity index (χ3n) is 6.86. The molecule has 3 aromatic rings. The van der Waals surface area contributed by atoms with Crippen molar-refractivity contribution in [2.75, 3.05) is 29.1 Å². The van der Waals surface area contributed by atoms with Crippen LogP contribution < -0.4 is 15.5 Å². The fraction of sp³-hybridized carbons (Fsp3) is 0.409. The zero-order valence-corrected chi connectivity index (χ0v) is 18.2. The number of halogens is 2. The first-order valence-electron chi connectivity index (χ1n) is 10.5. The van der Waals surface area contributed by atoms with E-state index in [0.717, 1.165) is 48.6 Å². The van der Waals surface area contributed by atoms with Crippen LogP contribution >= 0.6 is 11.6 Å². The number of aromatic nitrogens is 4. The molecule has 1 aromatic carbocycles. The third kappa shape index (κ3) is 2.81. The van der Waals surface area contributed by atoms with Crippen LogP contribution in [0.5, 0.6) is 0 Å². The Morgan fingerprint density at radius 2 is 1.97 bits per heavy atom. The first kappa shape index (κ1) is 18.9. The van der Waals surface area contributed by atoms with Crippen molar-refractivity contribution in [3.63, 3.8) is 0 Å². The van der Waals surface area contributed by atoms with E-state index < -0.39 is 0 Å². The maximum Gasteiger partial charge on any atom is 0.227 e. The third-order valence-corrected chi connectivity index (χ3v) is 7.08. The van der Waals surface area contributed by atoms with E-state index in [1.165, 1.54) is 12.1 Å². The summed E-state index contributed by atoms with van der Waals surface area (Å²) < 4.78 is 16.2. The van der Waals surface area contributed by atoms with Gasteiger partial charge in [0.05, 0.1) is 17.6 Å². The zero-order chi connectivity index (χ0) is 21.4. The van der Waals surface area contributed by atoms with Crippen molar-refractivity contribution in [1.82, 2.24) is 19.5 Å². The summed E-state index contributed by atoms with van der Waals surface area (Å²) in [6.07, 6.45) is 7.95. The second-order valence-electron chi connectivity index (χ2n) is 9.06. The Balaban J connectivity index is 1.28. The minimum Gasteiger partial charge on any atom is -0.373 e. The minimum atomic E-state index is -0.355. The van der Waals surface area contributed by atoms with Crippen LogP contribution in [0.15, 0.2) is 30.7 Å². The molecule has 4 aliphatic rings. The van der Waals surface area contributed by atoms with Gasteiger partial charge in [-0.1, -0.05) is 11.6 Å². The number of anilines is 4. The van der Waals surface area contributed by atoms with Crippen LogP contribution in [0.1, 0.15) is 30.5 Å². The molecule has 7 nitrogen and oxygen atoms in total. The molecule has 2 aromatic heterocycles. The lowest BCUT2D eigenvalue weighted by molar-refractivity contribution is -0.100. The number of hydrogen-bond donors (Lipinski definition) is 2. The average molecular weight is 440 g/mol. The molecule has 0 amide bonds. The first-order valence-corrected chi connectivity index (χ1v) is 10.9. The molecule has 2 N–H and O–H groups in total. The van der Waals surface area contributed by atoms with E-state index in [-0.39, 0.29) is 16.9 Å². The summed E-state index contributed by atoms with van der Waals surface area (Å²) in [7, 11) is 1.87. The molecular weight excluding hydrogens is 417 g/mol. The van der Waals surface area contributed by atoms with Gasteiger partial charge in [0.15, 0.2) is 0 Å². The fourth-order valence-electron chi connectivity index (χ4n) is 5.52. The molecule has 3 aliphatic carbocycles. The van der Waals surface area contributed by atoms with Crippen molar-refractivity contribution in [1.29, 1.82) is 0 Å². The van der Waals surface area contributed by atoms with Crippen LogP contribution in [0.4, 0.5) is 27.7 Å². The van der Waals surface area contributed by atoms with E-state index in [0.29, 0.717) is 23.2 Å². The van der Waals surface area contributed by atoms with Crippen molar-refractivity contribution < 1.29 is 4.39 Å². The van der Waals surface area contributed by atoms with Crippen LogP contribution in [-0.4, -0.2) is 38.7 Å². The van der Waals surface area contributed by atoms with Gasteiger partial charge in [0.25, 0.3) is 0 Å². The number of fused-ring (bicyclic) bond motifs is 1. The molecule has 160 valence electrons. The van der Waals surface area contributed by atoms with Gasteiger partial charge in [0.2, 0.25) is 5.95 Å². The minimum absolute atomic E-state index is 0.0308. The summed E-state index contributed by atoms with van der Waals surface area (Å²) in [6.45, 7) is 2.72. The Bertz CT molecular complexity index is 1170. The van der Waals surface area contributed by atoms with Crippen molar-refractivity contribution >= 4 is 34.9 Å². The summed E-state index contributed by atoms with van der Waals surface area (Å²) in [4.78, 5) is 16.0. The molecule has 9 heteroatoms. The normalized spacial score (nSPS) is 25.6. The largest absolute Gasteiger partial charge is 0.373 e. The van der Waals surface area contributed by atoms with E-state index in [2.05, 4.69) is 26.4 Å². The van der Waals surface area contributed by atoms with Gasteiger partial charge in [-0.05, 0) is 50.8 Å². The van der Waals surface area contributed by atoms with Crippen molar-refractivity contribution in [2.45, 2.75) is 43.7 Å². The summed E-state index contributed by atoms with van der Waals surface area (Å²) >= 11 is 6.10.